The quantitative estimate of drug-likeness (QED) is 0.377. The third kappa shape index (κ3) is 5.90. The fraction of sp³-hybridized carbons (Fsp3) is 0.529. The number of benzene rings is 2. The Morgan fingerprint density at radius 2 is 1.72 bits per heavy atom. The summed E-state index contributed by atoms with van der Waals surface area (Å²) in [6.07, 6.45) is -0.760. The molecule has 11 nitrogen and oxygen atoms in total. The second kappa shape index (κ2) is 12.2. The molecule has 0 radical (unpaired) electrons. The average Bonchev–Trinajstić information content (AvgIpc) is 3.24. The summed E-state index contributed by atoms with van der Waals surface area (Å²) in [5.41, 5.74) is 2.21. The summed E-state index contributed by atoms with van der Waals surface area (Å²) >= 11 is 0. The van der Waals surface area contributed by atoms with Crippen molar-refractivity contribution in [3.8, 4) is 5.75 Å². The Hall–Kier alpha value is -4.19. The number of para-hydroxylation sites is 1. The van der Waals surface area contributed by atoms with Crippen molar-refractivity contribution in [2.45, 2.75) is 76.4 Å². The number of piperidine rings is 2. The smallest absolute Gasteiger partial charge is 0.410 e. The van der Waals surface area contributed by atoms with Crippen molar-refractivity contribution >= 4 is 28.9 Å². The number of fused-ring (bicyclic) bond motifs is 1. The summed E-state index contributed by atoms with van der Waals surface area (Å²) in [4.78, 5) is 57.6. The zero-order valence-electron chi connectivity index (χ0n) is 27.1. The van der Waals surface area contributed by atoms with Crippen LogP contribution >= 0.6 is 0 Å². The van der Waals surface area contributed by atoms with E-state index in [4.69, 9.17) is 9.47 Å². The lowest BCUT2D eigenvalue weighted by Crippen LogP contribution is -2.60. The van der Waals surface area contributed by atoms with Crippen molar-refractivity contribution in [1.29, 1.82) is 0 Å². The molecular formula is C34H42FN5O6. The van der Waals surface area contributed by atoms with Crippen LogP contribution in [0.5, 0.6) is 5.75 Å². The summed E-state index contributed by atoms with van der Waals surface area (Å²) in [6.45, 7) is 7.19. The molecule has 3 aliphatic heterocycles. The number of alkyl halides is 1. The van der Waals surface area contributed by atoms with E-state index >= 15 is 4.39 Å². The minimum atomic E-state index is -1.19. The Morgan fingerprint density at radius 3 is 2.37 bits per heavy atom. The number of imidazole rings is 1. The second-order valence-electron chi connectivity index (χ2n) is 13.6. The van der Waals surface area contributed by atoms with Gasteiger partial charge in [-0.15, -0.1) is 0 Å². The van der Waals surface area contributed by atoms with Gasteiger partial charge in [0.15, 0.2) is 0 Å². The summed E-state index contributed by atoms with van der Waals surface area (Å²) in [7, 11) is 3.28. The Labute approximate surface area is 267 Å². The first-order valence-electron chi connectivity index (χ1n) is 15.9. The molecule has 4 heterocycles. The molecule has 3 aromatic rings. The van der Waals surface area contributed by atoms with Gasteiger partial charge in [0, 0.05) is 45.1 Å². The predicted octanol–water partition coefficient (Wildman–Crippen LogP) is 3.99. The molecule has 6 rings (SSSR count). The third-order valence-electron chi connectivity index (χ3n) is 9.41. The first kappa shape index (κ1) is 31.8. The lowest BCUT2D eigenvalue weighted by atomic mass is 9.86. The van der Waals surface area contributed by atoms with Crippen molar-refractivity contribution in [2.75, 3.05) is 33.3 Å². The standard InChI is InChI=1S/C34H42FN5O6/c1-34(2,3)46-33(44)37-16-15-26(25(35)20-37)38-18-22(19-38)24-7-6-8-27-30(24)36(4)32(43)40(27)28-13-14-29(41)39(31(28)42)17-21-9-11-23(45-5)12-10-21/h6-12,22,25-26,28H,13-20H2,1-5H3/t25-,26-,28?/m0/s1. The summed E-state index contributed by atoms with van der Waals surface area (Å²) in [6, 6.07) is 11.8. The van der Waals surface area contributed by atoms with Gasteiger partial charge in [-0.3, -0.25) is 28.5 Å². The van der Waals surface area contributed by atoms with Gasteiger partial charge in [0.1, 0.15) is 23.6 Å². The van der Waals surface area contributed by atoms with Gasteiger partial charge in [-0.1, -0.05) is 24.3 Å². The molecule has 1 unspecified atom stereocenters. The number of methoxy groups -OCH3 is 1. The highest BCUT2D eigenvalue weighted by Gasteiger charge is 2.43. The molecule has 0 aliphatic carbocycles. The maximum atomic E-state index is 15.3. The van der Waals surface area contributed by atoms with Crippen LogP contribution in [0.2, 0.25) is 0 Å². The van der Waals surface area contributed by atoms with Crippen LogP contribution in [0.3, 0.4) is 0 Å². The number of ether oxygens (including phenoxy) is 2. The maximum absolute atomic E-state index is 15.3. The molecule has 0 N–H and O–H groups in total. The monoisotopic (exact) mass is 635 g/mol. The minimum absolute atomic E-state index is 0.00108. The number of nitrogens with zero attached hydrogens (tertiary/aromatic N) is 5. The highest BCUT2D eigenvalue weighted by atomic mass is 19.1. The molecule has 3 saturated heterocycles. The Kier molecular flexibility index (Phi) is 8.43. The number of halogens is 1. The van der Waals surface area contributed by atoms with E-state index in [1.807, 2.05) is 30.3 Å². The van der Waals surface area contributed by atoms with Crippen LogP contribution in [0.4, 0.5) is 9.18 Å². The number of rotatable bonds is 6. The van der Waals surface area contributed by atoms with E-state index in [1.54, 1.807) is 51.6 Å². The number of imide groups is 1. The zero-order valence-corrected chi connectivity index (χ0v) is 27.1. The Bertz CT molecular complexity index is 1700. The first-order valence-corrected chi connectivity index (χ1v) is 15.9. The van der Waals surface area contributed by atoms with Gasteiger partial charge in [0.25, 0.3) is 5.91 Å². The van der Waals surface area contributed by atoms with Crippen LogP contribution in [0.15, 0.2) is 47.3 Å². The fourth-order valence-electron chi connectivity index (χ4n) is 7.02. The highest BCUT2D eigenvalue weighted by Crippen LogP contribution is 2.37. The van der Waals surface area contributed by atoms with Gasteiger partial charge in [0.2, 0.25) is 5.91 Å². The molecule has 3 aliphatic rings. The highest BCUT2D eigenvalue weighted by molar-refractivity contribution is 6.00. The van der Waals surface area contributed by atoms with Gasteiger partial charge >= 0.3 is 11.8 Å². The van der Waals surface area contributed by atoms with Crippen LogP contribution in [0, 0.1) is 0 Å². The lowest BCUT2D eigenvalue weighted by Gasteiger charge is -2.48. The van der Waals surface area contributed by atoms with Crippen molar-refractivity contribution in [3.05, 3.63) is 64.1 Å². The topological polar surface area (TPSA) is 106 Å². The molecule has 3 atom stereocenters. The molecule has 1 aromatic heterocycles. The number of carbonyl (C=O) groups excluding carboxylic acids is 3. The molecule has 3 amide bonds. The molecule has 0 spiro atoms. The fourth-order valence-corrected chi connectivity index (χ4v) is 7.02. The van der Waals surface area contributed by atoms with Crippen LogP contribution in [-0.2, 0) is 27.9 Å². The van der Waals surface area contributed by atoms with E-state index in [-0.39, 0.29) is 49.5 Å². The average molecular weight is 636 g/mol. The first-order chi connectivity index (χ1) is 21.9. The van der Waals surface area contributed by atoms with E-state index in [1.165, 1.54) is 14.4 Å². The number of likely N-dealkylation sites (tertiary alicyclic amines) is 3. The summed E-state index contributed by atoms with van der Waals surface area (Å²) in [5.74, 6) is 0.104. The van der Waals surface area contributed by atoms with Gasteiger partial charge in [-0.05, 0) is 62.9 Å². The molecule has 0 bridgehead atoms. The molecule has 3 fully saturated rings. The zero-order chi connectivity index (χ0) is 32.9. The molecule has 46 heavy (non-hydrogen) atoms. The largest absolute Gasteiger partial charge is 0.497 e. The van der Waals surface area contributed by atoms with Gasteiger partial charge in [-0.25, -0.2) is 14.0 Å². The molecule has 0 saturated carbocycles. The molecule has 2 aromatic carbocycles. The van der Waals surface area contributed by atoms with E-state index < -0.39 is 29.8 Å². The molecule has 246 valence electrons. The lowest BCUT2D eigenvalue weighted by molar-refractivity contribution is -0.151. The van der Waals surface area contributed by atoms with Crippen molar-refractivity contribution < 1.29 is 28.2 Å². The third-order valence-corrected chi connectivity index (χ3v) is 9.41. The predicted molar refractivity (Wildman–Crippen MR) is 169 cm³/mol. The summed E-state index contributed by atoms with van der Waals surface area (Å²) < 4.78 is 29.1. The number of amides is 3. The molecular weight excluding hydrogens is 593 g/mol. The number of hydrogen-bond donors (Lipinski definition) is 0. The van der Waals surface area contributed by atoms with Gasteiger partial charge < -0.3 is 14.4 Å². The van der Waals surface area contributed by atoms with Crippen LogP contribution in [-0.4, -0.2) is 92.8 Å². The summed E-state index contributed by atoms with van der Waals surface area (Å²) in [5, 5.41) is 0. The van der Waals surface area contributed by atoms with Gasteiger partial charge in [0.05, 0.1) is 31.2 Å². The van der Waals surface area contributed by atoms with E-state index in [2.05, 4.69) is 4.90 Å². The van der Waals surface area contributed by atoms with Gasteiger partial charge in [-0.2, -0.15) is 0 Å². The Balaban J connectivity index is 1.18. The minimum Gasteiger partial charge on any atom is -0.497 e. The van der Waals surface area contributed by atoms with E-state index in [9.17, 15) is 19.2 Å². The van der Waals surface area contributed by atoms with Crippen molar-refractivity contribution in [2.24, 2.45) is 7.05 Å². The SMILES string of the molecule is COc1ccc(CN2C(=O)CCC(n3c(=O)n(C)c4c(C5CN([C@H]6CCN(C(=O)OC(C)(C)C)C[C@@H]6F)C5)cccc43)C2=O)cc1. The second-order valence-corrected chi connectivity index (χ2v) is 13.6. The van der Waals surface area contributed by atoms with Crippen molar-refractivity contribution in [3.63, 3.8) is 0 Å². The van der Waals surface area contributed by atoms with Crippen LogP contribution in [0.25, 0.3) is 11.0 Å². The number of aromatic nitrogens is 2. The molecule has 12 heteroatoms. The number of aryl methyl sites for hydroxylation is 1. The van der Waals surface area contributed by atoms with E-state index in [0.29, 0.717) is 37.3 Å². The Morgan fingerprint density at radius 1 is 1.00 bits per heavy atom. The van der Waals surface area contributed by atoms with Crippen molar-refractivity contribution in [1.82, 2.24) is 23.8 Å². The normalized spacial score (nSPS) is 23.1. The number of carbonyl (C=O) groups is 3. The number of hydrogen-bond acceptors (Lipinski definition) is 7. The maximum Gasteiger partial charge on any atom is 0.410 e. The van der Waals surface area contributed by atoms with E-state index in [0.717, 1.165) is 16.6 Å². The van der Waals surface area contributed by atoms with Crippen LogP contribution in [0.1, 0.15) is 63.1 Å². The van der Waals surface area contributed by atoms with Crippen LogP contribution < -0.4 is 10.4 Å².